The van der Waals surface area contributed by atoms with Gasteiger partial charge >= 0.3 is 0 Å². The highest BCUT2D eigenvalue weighted by atomic mass is 35.5. The van der Waals surface area contributed by atoms with E-state index in [4.69, 9.17) is 16.3 Å². The van der Waals surface area contributed by atoms with E-state index in [1.807, 2.05) is 20.8 Å². The van der Waals surface area contributed by atoms with Crippen molar-refractivity contribution in [3.8, 4) is 0 Å². The van der Waals surface area contributed by atoms with Gasteiger partial charge in [-0.1, -0.05) is 42.8 Å². The molecular weight excluding hydrogens is 336 g/mol. The third-order valence-corrected chi connectivity index (χ3v) is 4.35. The van der Waals surface area contributed by atoms with Gasteiger partial charge < -0.3 is 4.74 Å². The Morgan fingerprint density at radius 3 is 2.36 bits per heavy atom. The molecule has 0 radical (unpaired) electrons. The summed E-state index contributed by atoms with van der Waals surface area (Å²) in [5.41, 5.74) is 2.56. The van der Waals surface area contributed by atoms with Gasteiger partial charge in [0.05, 0.1) is 18.3 Å². The van der Waals surface area contributed by atoms with Crippen molar-refractivity contribution in [1.29, 1.82) is 0 Å². The Morgan fingerprint density at radius 1 is 1.12 bits per heavy atom. The molecule has 2 rings (SSSR count). The first kappa shape index (κ1) is 19.7. The van der Waals surface area contributed by atoms with Crippen LogP contribution in [0.4, 0.5) is 0 Å². The van der Waals surface area contributed by atoms with Crippen LogP contribution in [0, 0.1) is 0 Å². The molecule has 1 heterocycles. The van der Waals surface area contributed by atoms with Crippen LogP contribution in [0.5, 0.6) is 0 Å². The van der Waals surface area contributed by atoms with Crippen LogP contribution in [-0.2, 0) is 29.7 Å². The maximum Gasteiger partial charge on any atom is 0.286 e. The number of halogens is 1. The molecule has 1 aromatic heterocycles. The van der Waals surface area contributed by atoms with E-state index in [9.17, 15) is 4.79 Å². The molecule has 0 unspecified atom stereocenters. The normalized spacial score (nSPS) is 11.7. The molecule has 2 aromatic rings. The van der Waals surface area contributed by atoms with Crippen LogP contribution < -0.4 is 5.56 Å². The molecule has 4 nitrogen and oxygen atoms in total. The van der Waals surface area contributed by atoms with E-state index in [1.165, 1.54) is 15.8 Å². The molecular formula is C20H27ClN2O2. The second-order valence-electron chi connectivity index (χ2n) is 7.24. The number of aryl methyl sites for hydroxylation is 2. The standard InChI is InChI=1S/C20H27ClN2O2/c1-5-12-25-14-16-8-6-15(7-9-16)10-11-17-13-22-23(20(2,3)4)19(24)18(17)21/h6-9,13H,5,10-12,14H2,1-4H3. The molecule has 0 spiro atoms. The number of aromatic nitrogens is 2. The monoisotopic (exact) mass is 362 g/mol. The zero-order valence-electron chi connectivity index (χ0n) is 15.5. The molecule has 0 aliphatic rings. The molecule has 5 heteroatoms. The topological polar surface area (TPSA) is 44.1 Å². The lowest BCUT2D eigenvalue weighted by Gasteiger charge is -2.21. The van der Waals surface area contributed by atoms with Crippen LogP contribution in [0.2, 0.25) is 5.02 Å². The van der Waals surface area contributed by atoms with E-state index < -0.39 is 0 Å². The molecule has 25 heavy (non-hydrogen) atoms. The number of benzene rings is 1. The van der Waals surface area contributed by atoms with Gasteiger partial charge in [-0.05, 0) is 56.7 Å². The predicted molar refractivity (Wildman–Crippen MR) is 102 cm³/mol. The fraction of sp³-hybridized carbons (Fsp3) is 0.500. The minimum absolute atomic E-state index is 0.227. The van der Waals surface area contributed by atoms with Gasteiger partial charge in [-0.25, -0.2) is 4.68 Å². The first-order chi connectivity index (χ1) is 11.8. The number of nitrogens with zero attached hydrogens (tertiary/aromatic N) is 2. The van der Waals surface area contributed by atoms with E-state index in [1.54, 1.807) is 6.20 Å². The van der Waals surface area contributed by atoms with Crippen molar-refractivity contribution >= 4 is 11.6 Å². The first-order valence-corrected chi connectivity index (χ1v) is 9.13. The molecule has 0 atom stereocenters. The number of ether oxygens (including phenoxy) is 1. The van der Waals surface area contributed by atoms with E-state index >= 15 is 0 Å². The summed E-state index contributed by atoms with van der Waals surface area (Å²) in [6, 6.07) is 8.37. The Labute approximate surface area is 154 Å². The van der Waals surface area contributed by atoms with Crippen molar-refractivity contribution in [2.24, 2.45) is 0 Å². The summed E-state index contributed by atoms with van der Waals surface area (Å²) >= 11 is 6.28. The Morgan fingerprint density at radius 2 is 1.76 bits per heavy atom. The van der Waals surface area contributed by atoms with Crippen molar-refractivity contribution < 1.29 is 4.74 Å². The van der Waals surface area contributed by atoms with Crippen LogP contribution in [0.3, 0.4) is 0 Å². The second-order valence-corrected chi connectivity index (χ2v) is 7.62. The average Bonchev–Trinajstić information content (AvgIpc) is 2.56. The Hall–Kier alpha value is -1.65. The average molecular weight is 363 g/mol. The summed E-state index contributed by atoms with van der Waals surface area (Å²) < 4.78 is 6.98. The molecule has 0 saturated heterocycles. The largest absolute Gasteiger partial charge is 0.377 e. The van der Waals surface area contributed by atoms with Crippen LogP contribution >= 0.6 is 11.6 Å². The summed E-state index contributed by atoms with van der Waals surface area (Å²) in [5, 5.41) is 4.55. The quantitative estimate of drug-likeness (QED) is 0.687. The highest BCUT2D eigenvalue weighted by Gasteiger charge is 2.19. The summed E-state index contributed by atoms with van der Waals surface area (Å²) in [5.74, 6) is 0. The maximum absolute atomic E-state index is 12.4. The molecule has 0 amide bonds. The SMILES string of the molecule is CCCOCc1ccc(CCc2cnn(C(C)(C)C)c(=O)c2Cl)cc1. The van der Waals surface area contributed by atoms with Crippen LogP contribution in [-0.4, -0.2) is 16.4 Å². The van der Waals surface area contributed by atoms with E-state index in [0.717, 1.165) is 25.0 Å². The van der Waals surface area contributed by atoms with Gasteiger partial charge in [0.25, 0.3) is 5.56 Å². The zero-order chi connectivity index (χ0) is 18.4. The summed E-state index contributed by atoms with van der Waals surface area (Å²) in [6.45, 7) is 9.33. The summed E-state index contributed by atoms with van der Waals surface area (Å²) in [4.78, 5) is 12.4. The summed E-state index contributed by atoms with van der Waals surface area (Å²) in [6.07, 6.45) is 4.25. The van der Waals surface area contributed by atoms with Crippen molar-refractivity contribution in [3.63, 3.8) is 0 Å². The van der Waals surface area contributed by atoms with Gasteiger partial charge in [0.2, 0.25) is 0 Å². The van der Waals surface area contributed by atoms with Gasteiger partial charge in [-0.2, -0.15) is 5.10 Å². The molecule has 0 aliphatic heterocycles. The van der Waals surface area contributed by atoms with Gasteiger partial charge in [0.1, 0.15) is 5.02 Å². The molecule has 0 bridgehead atoms. The highest BCUT2D eigenvalue weighted by molar-refractivity contribution is 6.31. The first-order valence-electron chi connectivity index (χ1n) is 8.75. The molecule has 0 saturated carbocycles. The minimum Gasteiger partial charge on any atom is -0.377 e. The van der Waals surface area contributed by atoms with Gasteiger partial charge in [-0.15, -0.1) is 0 Å². The van der Waals surface area contributed by atoms with Gasteiger partial charge in [0.15, 0.2) is 0 Å². The number of hydrogen-bond acceptors (Lipinski definition) is 3. The summed E-state index contributed by atoms with van der Waals surface area (Å²) in [7, 11) is 0. The van der Waals surface area contributed by atoms with Gasteiger partial charge in [0, 0.05) is 6.61 Å². The van der Waals surface area contributed by atoms with E-state index in [-0.39, 0.29) is 16.1 Å². The van der Waals surface area contributed by atoms with Crippen LogP contribution in [0.15, 0.2) is 35.3 Å². The Kier molecular flexibility index (Phi) is 6.79. The zero-order valence-corrected chi connectivity index (χ0v) is 16.3. The maximum atomic E-state index is 12.4. The molecule has 1 aromatic carbocycles. The minimum atomic E-state index is -0.380. The molecule has 0 fully saturated rings. The lowest BCUT2D eigenvalue weighted by Crippen LogP contribution is -2.36. The third-order valence-electron chi connectivity index (χ3n) is 3.95. The third kappa shape index (κ3) is 5.41. The van der Waals surface area contributed by atoms with E-state index in [0.29, 0.717) is 13.0 Å². The van der Waals surface area contributed by atoms with Gasteiger partial charge in [-0.3, -0.25) is 4.79 Å². The molecule has 0 aliphatic carbocycles. The van der Waals surface area contributed by atoms with Crippen molar-refractivity contribution in [1.82, 2.24) is 9.78 Å². The predicted octanol–water partition coefficient (Wildman–Crippen LogP) is 4.36. The Bertz CT molecular complexity index is 746. The number of rotatable bonds is 7. The smallest absolute Gasteiger partial charge is 0.286 e. The lowest BCUT2D eigenvalue weighted by molar-refractivity contribution is 0.121. The lowest BCUT2D eigenvalue weighted by atomic mass is 10.0. The van der Waals surface area contributed by atoms with Crippen molar-refractivity contribution in [2.45, 2.75) is 59.1 Å². The van der Waals surface area contributed by atoms with Crippen LogP contribution in [0.1, 0.15) is 50.8 Å². The second kappa shape index (κ2) is 8.63. The van der Waals surface area contributed by atoms with Crippen LogP contribution in [0.25, 0.3) is 0 Å². The molecule has 0 N–H and O–H groups in total. The highest BCUT2D eigenvalue weighted by Crippen LogP contribution is 2.16. The number of hydrogen-bond donors (Lipinski definition) is 0. The molecule has 136 valence electrons. The van der Waals surface area contributed by atoms with E-state index in [2.05, 4.69) is 36.3 Å². The van der Waals surface area contributed by atoms with Crippen molar-refractivity contribution in [3.05, 3.63) is 62.5 Å². The Balaban J connectivity index is 2.02. The fourth-order valence-corrected chi connectivity index (χ4v) is 2.76. The van der Waals surface area contributed by atoms with Crippen molar-refractivity contribution in [2.75, 3.05) is 6.61 Å². The fourth-order valence-electron chi connectivity index (χ4n) is 2.53.